The topological polar surface area (TPSA) is 29.3 Å². The highest BCUT2D eigenvalue weighted by molar-refractivity contribution is 8.00. The second-order valence-electron chi connectivity index (χ2n) is 5.96. The van der Waals surface area contributed by atoms with Gasteiger partial charge in [0.05, 0.1) is 0 Å². The summed E-state index contributed by atoms with van der Waals surface area (Å²) in [4.78, 5) is 2.60. The molecule has 100 valence electrons. The predicted octanol–water partition coefficient (Wildman–Crippen LogP) is 2.72. The summed E-state index contributed by atoms with van der Waals surface area (Å²) in [6.07, 6.45) is 8.49. The van der Waals surface area contributed by atoms with E-state index in [-0.39, 0.29) is 5.54 Å². The summed E-state index contributed by atoms with van der Waals surface area (Å²) in [6.45, 7) is 4.45. The van der Waals surface area contributed by atoms with Crippen molar-refractivity contribution in [3.8, 4) is 0 Å². The Morgan fingerprint density at radius 1 is 1.29 bits per heavy atom. The molecule has 1 aliphatic carbocycles. The molecule has 0 radical (unpaired) electrons. The first-order chi connectivity index (χ1) is 8.19. The Labute approximate surface area is 111 Å². The second kappa shape index (κ2) is 5.94. The fraction of sp³-hybridized carbons (Fsp3) is 1.00. The van der Waals surface area contributed by atoms with Gasteiger partial charge in [-0.1, -0.05) is 26.2 Å². The van der Waals surface area contributed by atoms with Crippen molar-refractivity contribution in [3.63, 3.8) is 0 Å². The molecular weight excluding hydrogens is 228 g/mol. The average Bonchev–Trinajstić information content (AvgIpc) is 2.73. The SMILES string of the molecule is CC1SCCC1(CN)N(C)CC1CCCCC1. The van der Waals surface area contributed by atoms with Crippen molar-refractivity contribution in [2.45, 2.75) is 56.2 Å². The average molecular weight is 256 g/mol. The van der Waals surface area contributed by atoms with E-state index in [2.05, 4.69) is 30.6 Å². The fourth-order valence-corrected chi connectivity index (χ4v) is 5.16. The third-order valence-electron chi connectivity index (χ3n) is 5.03. The van der Waals surface area contributed by atoms with E-state index in [1.54, 1.807) is 0 Å². The van der Waals surface area contributed by atoms with E-state index in [0.717, 1.165) is 12.5 Å². The molecular formula is C14H28N2S. The van der Waals surface area contributed by atoms with Crippen LogP contribution in [0.2, 0.25) is 0 Å². The summed E-state index contributed by atoms with van der Waals surface area (Å²) in [5, 5.41) is 0.695. The van der Waals surface area contributed by atoms with Crippen molar-refractivity contribution in [2.75, 3.05) is 25.9 Å². The van der Waals surface area contributed by atoms with Gasteiger partial charge in [0, 0.05) is 23.9 Å². The molecule has 3 heteroatoms. The molecule has 0 spiro atoms. The van der Waals surface area contributed by atoms with Gasteiger partial charge in [0.25, 0.3) is 0 Å². The monoisotopic (exact) mass is 256 g/mol. The number of likely N-dealkylation sites (N-methyl/N-ethyl adjacent to an activating group) is 1. The van der Waals surface area contributed by atoms with Crippen LogP contribution in [0.15, 0.2) is 0 Å². The van der Waals surface area contributed by atoms with Crippen molar-refractivity contribution in [1.29, 1.82) is 0 Å². The minimum absolute atomic E-state index is 0.280. The highest BCUT2D eigenvalue weighted by Gasteiger charge is 2.43. The molecule has 2 aliphatic rings. The summed E-state index contributed by atoms with van der Waals surface area (Å²) in [7, 11) is 2.31. The van der Waals surface area contributed by atoms with Crippen LogP contribution in [0.25, 0.3) is 0 Å². The molecule has 1 saturated carbocycles. The normalized spacial score (nSPS) is 35.6. The molecule has 0 amide bonds. The first-order valence-corrected chi connectivity index (χ1v) is 8.27. The molecule has 0 aromatic heterocycles. The van der Waals surface area contributed by atoms with E-state index >= 15 is 0 Å². The summed E-state index contributed by atoms with van der Waals surface area (Å²) in [5.74, 6) is 2.21. The maximum absolute atomic E-state index is 6.11. The van der Waals surface area contributed by atoms with Gasteiger partial charge in [0.2, 0.25) is 0 Å². The van der Waals surface area contributed by atoms with Gasteiger partial charge in [-0.2, -0.15) is 11.8 Å². The van der Waals surface area contributed by atoms with Crippen LogP contribution in [0, 0.1) is 5.92 Å². The van der Waals surface area contributed by atoms with E-state index in [1.807, 2.05) is 0 Å². The molecule has 2 nitrogen and oxygen atoms in total. The third-order valence-corrected chi connectivity index (χ3v) is 6.41. The van der Waals surface area contributed by atoms with Gasteiger partial charge < -0.3 is 5.73 Å². The Bertz CT molecular complexity index is 240. The first kappa shape index (κ1) is 13.7. The maximum atomic E-state index is 6.11. The summed E-state index contributed by atoms with van der Waals surface area (Å²) in [6, 6.07) is 0. The molecule has 1 aliphatic heterocycles. The van der Waals surface area contributed by atoms with Gasteiger partial charge in [-0.15, -0.1) is 0 Å². The van der Waals surface area contributed by atoms with Crippen molar-refractivity contribution in [1.82, 2.24) is 4.90 Å². The highest BCUT2D eigenvalue weighted by atomic mass is 32.2. The zero-order chi connectivity index (χ0) is 12.3. The molecule has 1 heterocycles. The lowest BCUT2D eigenvalue weighted by atomic mass is 9.85. The lowest BCUT2D eigenvalue weighted by Crippen LogP contribution is -2.57. The van der Waals surface area contributed by atoms with Crippen molar-refractivity contribution in [2.24, 2.45) is 11.7 Å². The van der Waals surface area contributed by atoms with E-state index < -0.39 is 0 Å². The number of nitrogens with two attached hydrogens (primary N) is 1. The standard InChI is InChI=1S/C14H28N2S/c1-12-14(11-15,8-9-17-12)16(2)10-13-6-4-3-5-7-13/h12-13H,3-11,15H2,1-2H3. The van der Waals surface area contributed by atoms with Crippen LogP contribution in [0.5, 0.6) is 0 Å². The van der Waals surface area contributed by atoms with Crippen molar-refractivity contribution < 1.29 is 0 Å². The van der Waals surface area contributed by atoms with Crippen LogP contribution in [-0.2, 0) is 0 Å². The smallest absolute Gasteiger partial charge is 0.0452 e. The Morgan fingerprint density at radius 2 is 2.00 bits per heavy atom. The fourth-order valence-electron chi connectivity index (χ4n) is 3.63. The van der Waals surface area contributed by atoms with E-state index in [1.165, 1.54) is 50.8 Å². The van der Waals surface area contributed by atoms with Crippen LogP contribution in [0.4, 0.5) is 0 Å². The minimum atomic E-state index is 0.280. The molecule has 0 bridgehead atoms. The molecule has 2 fully saturated rings. The Morgan fingerprint density at radius 3 is 2.53 bits per heavy atom. The molecule has 0 aromatic rings. The zero-order valence-electron chi connectivity index (χ0n) is 11.5. The summed E-state index contributed by atoms with van der Waals surface area (Å²) in [5.41, 5.74) is 6.39. The lowest BCUT2D eigenvalue weighted by molar-refractivity contribution is 0.0987. The van der Waals surface area contributed by atoms with Crippen LogP contribution >= 0.6 is 11.8 Å². The number of thioether (sulfide) groups is 1. The second-order valence-corrected chi connectivity index (χ2v) is 7.40. The molecule has 1 saturated heterocycles. The van der Waals surface area contributed by atoms with Gasteiger partial charge in [0.1, 0.15) is 0 Å². The number of hydrogen-bond acceptors (Lipinski definition) is 3. The Balaban J connectivity index is 1.94. The van der Waals surface area contributed by atoms with E-state index in [9.17, 15) is 0 Å². The predicted molar refractivity (Wildman–Crippen MR) is 77.5 cm³/mol. The van der Waals surface area contributed by atoms with Gasteiger partial charge >= 0.3 is 0 Å². The van der Waals surface area contributed by atoms with Gasteiger partial charge in [-0.25, -0.2) is 0 Å². The first-order valence-electron chi connectivity index (χ1n) is 7.22. The van der Waals surface area contributed by atoms with E-state index in [4.69, 9.17) is 5.73 Å². The molecule has 17 heavy (non-hydrogen) atoms. The zero-order valence-corrected chi connectivity index (χ0v) is 12.3. The van der Waals surface area contributed by atoms with Gasteiger partial charge in [-0.3, -0.25) is 4.90 Å². The van der Waals surface area contributed by atoms with Crippen LogP contribution in [0.1, 0.15) is 45.4 Å². The Hall–Kier alpha value is 0.270. The van der Waals surface area contributed by atoms with Crippen molar-refractivity contribution in [3.05, 3.63) is 0 Å². The summed E-state index contributed by atoms with van der Waals surface area (Å²) >= 11 is 2.10. The third kappa shape index (κ3) is 2.82. The van der Waals surface area contributed by atoms with E-state index in [0.29, 0.717) is 5.25 Å². The number of nitrogens with zero attached hydrogens (tertiary/aromatic N) is 1. The molecule has 2 unspecified atom stereocenters. The number of hydrogen-bond donors (Lipinski definition) is 1. The van der Waals surface area contributed by atoms with Gasteiger partial charge in [-0.05, 0) is 38.0 Å². The molecule has 0 aromatic carbocycles. The molecule has 2 atom stereocenters. The maximum Gasteiger partial charge on any atom is 0.0452 e. The van der Waals surface area contributed by atoms with Crippen molar-refractivity contribution >= 4 is 11.8 Å². The highest BCUT2D eigenvalue weighted by Crippen LogP contribution is 2.39. The Kier molecular flexibility index (Phi) is 4.79. The van der Waals surface area contributed by atoms with Crippen LogP contribution in [0.3, 0.4) is 0 Å². The van der Waals surface area contributed by atoms with Crippen LogP contribution in [-0.4, -0.2) is 41.6 Å². The van der Waals surface area contributed by atoms with Crippen LogP contribution < -0.4 is 5.73 Å². The largest absolute Gasteiger partial charge is 0.329 e. The minimum Gasteiger partial charge on any atom is -0.329 e. The lowest BCUT2D eigenvalue weighted by Gasteiger charge is -2.43. The van der Waals surface area contributed by atoms with Gasteiger partial charge in [0.15, 0.2) is 0 Å². The molecule has 2 rings (SSSR count). The number of rotatable bonds is 4. The quantitative estimate of drug-likeness (QED) is 0.838. The summed E-state index contributed by atoms with van der Waals surface area (Å²) < 4.78 is 0. The molecule has 2 N–H and O–H groups in total.